The molecule has 0 saturated heterocycles. The fraction of sp³-hybridized carbons (Fsp3) is 0.630. The lowest BCUT2D eigenvalue weighted by Crippen LogP contribution is -2.59. The molecule has 0 radical (unpaired) electrons. The van der Waals surface area contributed by atoms with E-state index >= 15 is 0 Å². The van der Waals surface area contributed by atoms with Crippen molar-refractivity contribution in [2.75, 3.05) is 22.9 Å². The maximum Gasteiger partial charge on any atom is 0.259 e. The van der Waals surface area contributed by atoms with Crippen LogP contribution in [0.25, 0.3) is 0 Å². The molecule has 5 rings (SSSR count). The van der Waals surface area contributed by atoms with E-state index in [0.29, 0.717) is 36.3 Å². The standard InChI is InChI=1S/C27H36N4O5/c1-16(28-25(34)23(32)19-6-2-3-7-19)24(33)29-22-26(35)30(14-17-10-11-17)20-8-4-5-9-21(20)31(27(22)36)15-18-12-13-18/h4-5,8-9,16-19,22-23,32H,2-3,6-7,10-15H2,1H3,(H,28,34)(H,29,33)/t16-,23?/m0/s1. The zero-order chi connectivity index (χ0) is 25.4. The van der Waals surface area contributed by atoms with E-state index in [0.717, 1.165) is 51.4 Å². The van der Waals surface area contributed by atoms with Crippen LogP contribution in [-0.2, 0) is 19.2 Å². The van der Waals surface area contributed by atoms with Crippen LogP contribution in [0.2, 0.25) is 0 Å². The summed E-state index contributed by atoms with van der Waals surface area (Å²) < 4.78 is 0. The molecule has 4 amide bonds. The maximum absolute atomic E-state index is 13.7. The van der Waals surface area contributed by atoms with Crippen LogP contribution in [0, 0.1) is 17.8 Å². The van der Waals surface area contributed by atoms with Gasteiger partial charge in [0.05, 0.1) is 11.4 Å². The molecule has 36 heavy (non-hydrogen) atoms. The van der Waals surface area contributed by atoms with Crippen LogP contribution in [0.4, 0.5) is 11.4 Å². The number of hydrogen-bond donors (Lipinski definition) is 3. The van der Waals surface area contributed by atoms with E-state index in [2.05, 4.69) is 10.6 Å². The molecule has 3 N–H and O–H groups in total. The van der Waals surface area contributed by atoms with Crippen LogP contribution in [0.5, 0.6) is 0 Å². The molecular weight excluding hydrogens is 460 g/mol. The highest BCUT2D eigenvalue weighted by atomic mass is 16.3. The van der Waals surface area contributed by atoms with Crippen LogP contribution in [0.1, 0.15) is 58.3 Å². The van der Waals surface area contributed by atoms with Crippen molar-refractivity contribution in [3.63, 3.8) is 0 Å². The van der Waals surface area contributed by atoms with Gasteiger partial charge in [0.1, 0.15) is 12.1 Å². The molecular formula is C27H36N4O5. The second-order valence-electron chi connectivity index (χ2n) is 10.9. The minimum absolute atomic E-state index is 0.101. The van der Waals surface area contributed by atoms with Gasteiger partial charge in [-0.1, -0.05) is 25.0 Å². The van der Waals surface area contributed by atoms with E-state index < -0.39 is 41.8 Å². The number of carbonyl (C=O) groups excluding carboxylic acids is 4. The van der Waals surface area contributed by atoms with Crippen LogP contribution in [-0.4, -0.2) is 60.0 Å². The first-order valence-electron chi connectivity index (χ1n) is 13.3. The predicted molar refractivity (Wildman–Crippen MR) is 134 cm³/mol. The summed E-state index contributed by atoms with van der Waals surface area (Å²) >= 11 is 0. The Morgan fingerprint density at radius 1 is 0.889 bits per heavy atom. The number of hydrogen-bond acceptors (Lipinski definition) is 5. The fourth-order valence-electron chi connectivity index (χ4n) is 5.31. The normalized spacial score (nSPS) is 22.7. The van der Waals surface area contributed by atoms with Crippen LogP contribution < -0.4 is 20.4 Å². The second-order valence-corrected chi connectivity index (χ2v) is 10.9. The van der Waals surface area contributed by atoms with Gasteiger partial charge in [-0.2, -0.15) is 0 Å². The Morgan fingerprint density at radius 3 is 1.86 bits per heavy atom. The van der Waals surface area contributed by atoms with E-state index in [-0.39, 0.29) is 5.92 Å². The van der Waals surface area contributed by atoms with Gasteiger partial charge in [-0.05, 0) is 75.3 Å². The summed E-state index contributed by atoms with van der Waals surface area (Å²) in [6, 6.07) is 5.06. The summed E-state index contributed by atoms with van der Waals surface area (Å²) in [5, 5.41) is 15.6. The minimum atomic E-state index is -1.37. The number of carbonyl (C=O) groups is 4. The monoisotopic (exact) mass is 496 g/mol. The van der Waals surface area contributed by atoms with E-state index in [1.807, 2.05) is 24.3 Å². The first-order valence-corrected chi connectivity index (χ1v) is 13.3. The summed E-state index contributed by atoms with van der Waals surface area (Å²) in [6.07, 6.45) is 6.51. The van der Waals surface area contributed by atoms with Gasteiger partial charge in [0.15, 0.2) is 6.04 Å². The number of nitrogens with zero attached hydrogens (tertiary/aromatic N) is 2. The zero-order valence-corrected chi connectivity index (χ0v) is 20.8. The predicted octanol–water partition coefficient (Wildman–Crippen LogP) is 1.73. The molecule has 0 aromatic heterocycles. The first-order chi connectivity index (χ1) is 17.3. The molecule has 1 aromatic carbocycles. The highest BCUT2D eigenvalue weighted by Crippen LogP contribution is 2.40. The van der Waals surface area contributed by atoms with Crippen molar-refractivity contribution in [1.29, 1.82) is 0 Å². The van der Waals surface area contributed by atoms with Crippen LogP contribution >= 0.6 is 0 Å². The minimum Gasteiger partial charge on any atom is -0.383 e. The number of para-hydroxylation sites is 2. The third kappa shape index (κ3) is 5.26. The number of anilines is 2. The van der Waals surface area contributed by atoms with Crippen molar-refractivity contribution in [2.24, 2.45) is 17.8 Å². The van der Waals surface area contributed by atoms with Crippen molar-refractivity contribution in [2.45, 2.75) is 76.5 Å². The topological polar surface area (TPSA) is 119 Å². The highest BCUT2D eigenvalue weighted by molar-refractivity contribution is 6.21. The quantitative estimate of drug-likeness (QED) is 0.450. The van der Waals surface area contributed by atoms with Crippen molar-refractivity contribution >= 4 is 35.0 Å². The number of benzene rings is 1. The van der Waals surface area contributed by atoms with Gasteiger partial charge in [-0.25, -0.2) is 0 Å². The molecule has 1 aromatic rings. The largest absolute Gasteiger partial charge is 0.383 e. The molecule has 2 atom stereocenters. The number of aliphatic hydroxyl groups excluding tert-OH is 1. The second kappa shape index (κ2) is 10.2. The Bertz CT molecular complexity index is 978. The average Bonchev–Trinajstić information content (AvgIpc) is 3.81. The number of aliphatic hydroxyl groups is 1. The van der Waals surface area contributed by atoms with Crippen molar-refractivity contribution in [1.82, 2.24) is 10.6 Å². The van der Waals surface area contributed by atoms with Crippen molar-refractivity contribution in [3.8, 4) is 0 Å². The molecule has 0 bridgehead atoms. The Balaban J connectivity index is 1.34. The highest BCUT2D eigenvalue weighted by Gasteiger charge is 2.44. The number of fused-ring (bicyclic) bond motifs is 1. The van der Waals surface area contributed by atoms with Gasteiger partial charge < -0.3 is 25.5 Å². The SMILES string of the molecule is C[C@H](NC(=O)C(O)C1CCCC1)C(=O)NC1C(=O)N(CC2CC2)c2ccccc2N(CC2CC2)C1=O. The maximum atomic E-state index is 13.7. The van der Waals surface area contributed by atoms with E-state index in [4.69, 9.17) is 0 Å². The number of nitrogens with one attached hydrogen (secondary N) is 2. The molecule has 4 aliphatic rings. The molecule has 3 aliphatic carbocycles. The molecule has 9 heteroatoms. The fourth-order valence-corrected chi connectivity index (χ4v) is 5.31. The van der Waals surface area contributed by atoms with Crippen LogP contribution in [0.15, 0.2) is 24.3 Å². The molecule has 3 fully saturated rings. The van der Waals surface area contributed by atoms with Gasteiger partial charge in [0.25, 0.3) is 11.8 Å². The van der Waals surface area contributed by atoms with Gasteiger partial charge in [-0.3, -0.25) is 19.2 Å². The van der Waals surface area contributed by atoms with Gasteiger partial charge in [0, 0.05) is 13.1 Å². The Labute approximate surface area is 211 Å². The smallest absolute Gasteiger partial charge is 0.259 e. The van der Waals surface area contributed by atoms with Crippen molar-refractivity contribution in [3.05, 3.63) is 24.3 Å². The summed E-state index contributed by atoms with van der Waals surface area (Å²) in [6.45, 7) is 2.51. The molecule has 1 heterocycles. The zero-order valence-electron chi connectivity index (χ0n) is 20.8. The van der Waals surface area contributed by atoms with Crippen molar-refractivity contribution < 1.29 is 24.3 Å². The summed E-state index contributed by atoms with van der Waals surface area (Å²) in [7, 11) is 0. The lowest BCUT2D eigenvalue weighted by Gasteiger charge is -2.26. The van der Waals surface area contributed by atoms with Gasteiger partial charge in [0.2, 0.25) is 11.8 Å². The molecule has 0 spiro atoms. The molecule has 194 valence electrons. The Hall–Kier alpha value is -2.94. The van der Waals surface area contributed by atoms with E-state index in [1.54, 1.807) is 9.80 Å². The van der Waals surface area contributed by atoms with Gasteiger partial charge in [-0.15, -0.1) is 0 Å². The average molecular weight is 497 g/mol. The summed E-state index contributed by atoms with van der Waals surface area (Å²) in [5.41, 5.74) is 1.39. The molecule has 9 nitrogen and oxygen atoms in total. The van der Waals surface area contributed by atoms with Gasteiger partial charge >= 0.3 is 0 Å². The van der Waals surface area contributed by atoms with E-state index in [9.17, 15) is 24.3 Å². The van der Waals surface area contributed by atoms with E-state index in [1.165, 1.54) is 6.92 Å². The number of rotatable bonds is 9. The molecule has 1 aliphatic heterocycles. The molecule has 3 saturated carbocycles. The third-order valence-corrected chi connectivity index (χ3v) is 7.92. The third-order valence-electron chi connectivity index (χ3n) is 7.92. The Kier molecular flexibility index (Phi) is 7.01. The molecule has 1 unspecified atom stereocenters. The van der Waals surface area contributed by atoms with Crippen LogP contribution in [0.3, 0.4) is 0 Å². The first kappa shape index (κ1) is 24.7. The summed E-state index contributed by atoms with van der Waals surface area (Å²) in [4.78, 5) is 56.4. The number of amides is 4. The Morgan fingerprint density at radius 2 is 1.39 bits per heavy atom. The lowest BCUT2D eigenvalue weighted by atomic mass is 10.00. The summed E-state index contributed by atoms with van der Waals surface area (Å²) in [5.74, 6) is -1.45. The lowest BCUT2D eigenvalue weighted by molar-refractivity contribution is -0.137.